The molecule has 0 bridgehead atoms. The molecule has 0 spiro atoms. The van der Waals surface area contributed by atoms with E-state index in [1.165, 1.54) is 6.20 Å². The highest BCUT2D eigenvalue weighted by Crippen LogP contribution is 2.18. The number of rotatable bonds is 5. The van der Waals surface area contributed by atoms with Crippen LogP contribution in [0.3, 0.4) is 0 Å². The van der Waals surface area contributed by atoms with Crippen molar-refractivity contribution in [3.63, 3.8) is 0 Å². The monoisotopic (exact) mass is 360 g/mol. The minimum atomic E-state index is -0.258. The fourth-order valence-corrected chi connectivity index (χ4v) is 2.49. The van der Waals surface area contributed by atoms with Gasteiger partial charge in [0, 0.05) is 49.1 Å². The van der Waals surface area contributed by atoms with E-state index in [1.54, 1.807) is 54.7 Å². The quantitative estimate of drug-likeness (QED) is 0.728. The first-order valence-corrected chi connectivity index (χ1v) is 8.43. The zero-order chi connectivity index (χ0) is 19.2. The Morgan fingerprint density at radius 1 is 0.815 bits per heavy atom. The summed E-state index contributed by atoms with van der Waals surface area (Å²) in [7, 11) is 3.89. The number of anilines is 3. The molecule has 0 atom stereocenters. The van der Waals surface area contributed by atoms with Gasteiger partial charge in [-0.25, -0.2) is 0 Å². The highest BCUT2D eigenvalue weighted by atomic mass is 16.2. The summed E-state index contributed by atoms with van der Waals surface area (Å²) in [4.78, 5) is 30.5. The molecule has 2 aromatic carbocycles. The van der Waals surface area contributed by atoms with E-state index in [9.17, 15) is 9.59 Å². The van der Waals surface area contributed by atoms with Gasteiger partial charge in [-0.05, 0) is 54.6 Å². The van der Waals surface area contributed by atoms with Crippen molar-refractivity contribution >= 4 is 28.9 Å². The third kappa shape index (κ3) is 4.70. The standard InChI is InChI=1S/C21H20N4O2/c1-25(2)19-10-8-15(9-11-19)20(26)23-17-6-3-7-18(13-17)24-21(27)16-5-4-12-22-14-16/h3-14H,1-2H3,(H,23,26)(H,24,27). The molecule has 2 amide bonds. The van der Waals surface area contributed by atoms with Crippen LogP contribution in [0, 0.1) is 0 Å². The Morgan fingerprint density at radius 3 is 2.00 bits per heavy atom. The topological polar surface area (TPSA) is 74.3 Å². The molecule has 2 N–H and O–H groups in total. The fraction of sp³-hybridized carbons (Fsp3) is 0.0952. The van der Waals surface area contributed by atoms with Crippen molar-refractivity contribution < 1.29 is 9.59 Å². The average Bonchev–Trinajstić information content (AvgIpc) is 2.69. The lowest BCUT2D eigenvalue weighted by molar-refractivity contribution is 0.101. The van der Waals surface area contributed by atoms with Crippen molar-refractivity contribution in [3.05, 3.63) is 84.2 Å². The van der Waals surface area contributed by atoms with Crippen LogP contribution in [0.4, 0.5) is 17.1 Å². The van der Waals surface area contributed by atoms with E-state index in [1.807, 2.05) is 31.1 Å². The molecule has 6 heteroatoms. The number of hydrogen-bond donors (Lipinski definition) is 2. The maximum atomic E-state index is 12.4. The molecule has 0 saturated heterocycles. The molecule has 0 saturated carbocycles. The van der Waals surface area contributed by atoms with Gasteiger partial charge in [-0.2, -0.15) is 0 Å². The molecule has 0 aliphatic rings. The van der Waals surface area contributed by atoms with E-state index < -0.39 is 0 Å². The second kappa shape index (κ2) is 8.14. The molecule has 3 aromatic rings. The third-order valence-electron chi connectivity index (χ3n) is 3.95. The van der Waals surface area contributed by atoms with E-state index in [2.05, 4.69) is 15.6 Å². The van der Waals surface area contributed by atoms with Crippen LogP contribution < -0.4 is 15.5 Å². The summed E-state index contributed by atoms with van der Waals surface area (Å²) in [6, 6.07) is 17.7. The number of carbonyl (C=O) groups is 2. The number of carbonyl (C=O) groups excluding carboxylic acids is 2. The number of nitrogens with zero attached hydrogens (tertiary/aromatic N) is 2. The van der Waals surface area contributed by atoms with Gasteiger partial charge in [-0.15, -0.1) is 0 Å². The molecular weight excluding hydrogens is 340 g/mol. The van der Waals surface area contributed by atoms with Gasteiger partial charge < -0.3 is 15.5 Å². The average molecular weight is 360 g/mol. The summed E-state index contributed by atoms with van der Waals surface area (Å²) in [6.07, 6.45) is 3.11. The minimum Gasteiger partial charge on any atom is -0.378 e. The van der Waals surface area contributed by atoms with Crippen molar-refractivity contribution in [2.45, 2.75) is 0 Å². The van der Waals surface area contributed by atoms with Crippen molar-refractivity contribution in [3.8, 4) is 0 Å². The molecule has 0 aliphatic carbocycles. The largest absolute Gasteiger partial charge is 0.378 e. The summed E-state index contributed by atoms with van der Waals surface area (Å²) in [6.45, 7) is 0. The van der Waals surface area contributed by atoms with Crippen LogP contribution in [0.25, 0.3) is 0 Å². The molecule has 136 valence electrons. The normalized spacial score (nSPS) is 10.1. The predicted octanol–water partition coefficient (Wildman–Crippen LogP) is 3.65. The van der Waals surface area contributed by atoms with Crippen molar-refractivity contribution in [2.24, 2.45) is 0 Å². The van der Waals surface area contributed by atoms with Crippen molar-refractivity contribution in [1.82, 2.24) is 4.98 Å². The van der Waals surface area contributed by atoms with Crippen LogP contribution in [0.1, 0.15) is 20.7 Å². The summed E-state index contributed by atoms with van der Waals surface area (Å²) in [5.41, 5.74) is 3.23. The molecule has 0 aliphatic heterocycles. The van der Waals surface area contributed by atoms with E-state index >= 15 is 0 Å². The van der Waals surface area contributed by atoms with Gasteiger partial charge in [-0.3, -0.25) is 14.6 Å². The molecule has 1 aromatic heterocycles. The number of aromatic nitrogens is 1. The number of hydrogen-bond acceptors (Lipinski definition) is 4. The number of amides is 2. The Kier molecular flexibility index (Phi) is 5.47. The molecule has 0 unspecified atom stereocenters. The van der Waals surface area contributed by atoms with Gasteiger partial charge in [0.2, 0.25) is 0 Å². The molecule has 27 heavy (non-hydrogen) atoms. The molecule has 0 radical (unpaired) electrons. The van der Waals surface area contributed by atoms with E-state index in [4.69, 9.17) is 0 Å². The lowest BCUT2D eigenvalue weighted by atomic mass is 10.1. The Hall–Kier alpha value is -3.67. The van der Waals surface area contributed by atoms with Crippen LogP contribution in [0.5, 0.6) is 0 Å². The predicted molar refractivity (Wildman–Crippen MR) is 107 cm³/mol. The van der Waals surface area contributed by atoms with Gasteiger partial charge in [0.15, 0.2) is 0 Å². The SMILES string of the molecule is CN(C)c1ccc(C(=O)Nc2cccc(NC(=O)c3cccnc3)c2)cc1. The van der Waals surface area contributed by atoms with Crippen LogP contribution in [0.2, 0.25) is 0 Å². The number of nitrogens with one attached hydrogen (secondary N) is 2. The highest BCUT2D eigenvalue weighted by molar-refractivity contribution is 6.06. The maximum absolute atomic E-state index is 12.4. The second-order valence-electron chi connectivity index (χ2n) is 6.17. The Balaban J connectivity index is 1.68. The zero-order valence-corrected chi connectivity index (χ0v) is 15.1. The smallest absolute Gasteiger partial charge is 0.257 e. The molecule has 0 fully saturated rings. The summed E-state index contributed by atoms with van der Waals surface area (Å²) >= 11 is 0. The minimum absolute atomic E-state index is 0.212. The van der Waals surface area contributed by atoms with Gasteiger partial charge >= 0.3 is 0 Å². The van der Waals surface area contributed by atoms with Crippen LogP contribution in [0.15, 0.2) is 73.1 Å². The summed E-state index contributed by atoms with van der Waals surface area (Å²) in [5.74, 6) is -0.470. The van der Waals surface area contributed by atoms with Gasteiger partial charge in [-0.1, -0.05) is 6.07 Å². The molecular formula is C21H20N4O2. The second-order valence-corrected chi connectivity index (χ2v) is 6.17. The molecule has 1 heterocycles. The zero-order valence-electron chi connectivity index (χ0n) is 15.1. The lowest BCUT2D eigenvalue weighted by Crippen LogP contribution is -2.14. The third-order valence-corrected chi connectivity index (χ3v) is 3.95. The lowest BCUT2D eigenvalue weighted by Gasteiger charge is -2.13. The number of pyridine rings is 1. The molecule has 6 nitrogen and oxygen atoms in total. The Morgan fingerprint density at radius 2 is 1.44 bits per heavy atom. The Bertz CT molecular complexity index is 938. The molecule has 3 rings (SSSR count). The first-order valence-electron chi connectivity index (χ1n) is 8.43. The van der Waals surface area contributed by atoms with Gasteiger partial charge in [0.05, 0.1) is 5.56 Å². The first-order chi connectivity index (χ1) is 13.0. The fourth-order valence-electron chi connectivity index (χ4n) is 2.49. The summed E-state index contributed by atoms with van der Waals surface area (Å²) in [5, 5.41) is 5.64. The first kappa shape index (κ1) is 18.1. The van der Waals surface area contributed by atoms with Crippen LogP contribution in [-0.4, -0.2) is 30.9 Å². The summed E-state index contributed by atoms with van der Waals surface area (Å²) < 4.78 is 0. The van der Waals surface area contributed by atoms with Crippen LogP contribution >= 0.6 is 0 Å². The highest BCUT2D eigenvalue weighted by Gasteiger charge is 2.09. The van der Waals surface area contributed by atoms with Gasteiger partial charge in [0.25, 0.3) is 11.8 Å². The number of benzene rings is 2. The van der Waals surface area contributed by atoms with Gasteiger partial charge in [0.1, 0.15) is 0 Å². The van der Waals surface area contributed by atoms with E-state index in [0.29, 0.717) is 22.5 Å². The van der Waals surface area contributed by atoms with Crippen LogP contribution in [-0.2, 0) is 0 Å². The van der Waals surface area contributed by atoms with Crippen molar-refractivity contribution in [1.29, 1.82) is 0 Å². The Labute approximate surface area is 157 Å². The van der Waals surface area contributed by atoms with Crippen molar-refractivity contribution in [2.75, 3.05) is 29.6 Å². The maximum Gasteiger partial charge on any atom is 0.257 e. The van der Waals surface area contributed by atoms with E-state index in [0.717, 1.165) is 5.69 Å². The van der Waals surface area contributed by atoms with E-state index in [-0.39, 0.29) is 11.8 Å².